The number of ether oxygens (including phenoxy) is 1. The highest BCUT2D eigenvalue weighted by molar-refractivity contribution is 6.30. The fourth-order valence-corrected chi connectivity index (χ4v) is 4.09. The third-order valence-corrected chi connectivity index (χ3v) is 6.16. The van der Waals surface area contributed by atoms with Gasteiger partial charge in [0.15, 0.2) is 0 Å². The molecule has 29 heavy (non-hydrogen) atoms. The molecule has 4 rings (SSSR count). The van der Waals surface area contributed by atoms with Gasteiger partial charge in [-0.15, -0.1) is 0 Å². The second kappa shape index (κ2) is 10.2. The molecular formula is C24H29ClFNO2. The molecule has 2 fully saturated rings. The van der Waals surface area contributed by atoms with Crippen molar-refractivity contribution >= 4 is 17.9 Å². The van der Waals surface area contributed by atoms with E-state index in [9.17, 15) is 9.18 Å². The SMILES string of the molecule is CN1CCCC(COc2ccc(F)cc2)C1.O=CC1(c2ccc(Cl)cc2)CCC1. The summed E-state index contributed by atoms with van der Waals surface area (Å²) >= 11 is 5.78. The number of carbonyl (C=O) groups is 1. The van der Waals surface area contributed by atoms with Crippen LogP contribution in [0.2, 0.25) is 5.02 Å². The summed E-state index contributed by atoms with van der Waals surface area (Å²) in [5, 5.41) is 0.726. The highest BCUT2D eigenvalue weighted by atomic mass is 35.5. The first-order valence-electron chi connectivity index (χ1n) is 10.3. The van der Waals surface area contributed by atoms with Crippen LogP contribution in [0.1, 0.15) is 37.7 Å². The number of aldehydes is 1. The predicted octanol–water partition coefficient (Wildman–Crippen LogP) is 5.51. The van der Waals surface area contributed by atoms with E-state index in [1.54, 1.807) is 12.1 Å². The summed E-state index contributed by atoms with van der Waals surface area (Å²) in [7, 11) is 2.14. The molecule has 1 saturated heterocycles. The minimum atomic E-state index is -0.218. The second-order valence-corrected chi connectivity index (χ2v) is 8.61. The summed E-state index contributed by atoms with van der Waals surface area (Å²) in [5.41, 5.74) is 0.920. The van der Waals surface area contributed by atoms with Gasteiger partial charge in [0, 0.05) is 17.5 Å². The van der Waals surface area contributed by atoms with Crippen molar-refractivity contribution in [2.45, 2.75) is 37.5 Å². The molecule has 1 heterocycles. The van der Waals surface area contributed by atoms with E-state index in [1.807, 2.05) is 24.3 Å². The van der Waals surface area contributed by atoms with Crippen LogP contribution in [0.15, 0.2) is 48.5 Å². The Hall–Kier alpha value is -1.91. The predicted molar refractivity (Wildman–Crippen MR) is 115 cm³/mol. The molecule has 5 heteroatoms. The van der Waals surface area contributed by atoms with Gasteiger partial charge in [-0.2, -0.15) is 0 Å². The maximum Gasteiger partial charge on any atom is 0.130 e. The van der Waals surface area contributed by atoms with E-state index in [-0.39, 0.29) is 11.2 Å². The first-order chi connectivity index (χ1) is 14.0. The van der Waals surface area contributed by atoms with Gasteiger partial charge in [-0.25, -0.2) is 4.39 Å². The topological polar surface area (TPSA) is 29.5 Å². The summed E-state index contributed by atoms with van der Waals surface area (Å²) in [4.78, 5) is 13.3. The molecule has 156 valence electrons. The highest BCUT2D eigenvalue weighted by Gasteiger charge is 2.38. The Kier molecular flexibility index (Phi) is 7.68. The molecule has 0 aromatic heterocycles. The number of halogens is 2. The summed E-state index contributed by atoms with van der Waals surface area (Å²) in [6.07, 6.45) is 6.68. The number of nitrogens with zero attached hydrogens (tertiary/aromatic N) is 1. The van der Waals surface area contributed by atoms with Gasteiger partial charge in [0.05, 0.1) is 12.0 Å². The van der Waals surface area contributed by atoms with Gasteiger partial charge >= 0.3 is 0 Å². The number of rotatable bonds is 5. The Morgan fingerprint density at radius 2 is 1.83 bits per heavy atom. The maximum absolute atomic E-state index is 12.7. The fourth-order valence-electron chi connectivity index (χ4n) is 3.97. The molecule has 1 aliphatic heterocycles. The zero-order chi connectivity index (χ0) is 20.7. The first-order valence-corrected chi connectivity index (χ1v) is 10.7. The quantitative estimate of drug-likeness (QED) is 0.601. The first kappa shape index (κ1) is 21.8. The van der Waals surface area contributed by atoms with Gasteiger partial charge in [0.2, 0.25) is 0 Å². The van der Waals surface area contributed by atoms with Crippen LogP contribution in [0.5, 0.6) is 5.75 Å². The minimum absolute atomic E-state index is 0.190. The Labute approximate surface area is 177 Å². The van der Waals surface area contributed by atoms with E-state index in [0.717, 1.165) is 55.0 Å². The van der Waals surface area contributed by atoms with E-state index in [0.29, 0.717) is 5.92 Å². The summed E-state index contributed by atoms with van der Waals surface area (Å²) in [6, 6.07) is 13.8. The van der Waals surface area contributed by atoms with E-state index >= 15 is 0 Å². The normalized spacial score (nSPS) is 20.7. The van der Waals surface area contributed by atoms with Gasteiger partial charge < -0.3 is 14.4 Å². The number of hydrogen-bond acceptors (Lipinski definition) is 3. The van der Waals surface area contributed by atoms with Crippen molar-refractivity contribution < 1.29 is 13.9 Å². The molecule has 0 N–H and O–H groups in total. The maximum atomic E-state index is 12.7. The Balaban J connectivity index is 0.000000169. The van der Waals surface area contributed by atoms with Gasteiger partial charge in [-0.3, -0.25) is 0 Å². The third kappa shape index (κ3) is 6.03. The lowest BCUT2D eigenvalue weighted by Crippen LogP contribution is -2.35. The third-order valence-electron chi connectivity index (χ3n) is 5.91. The second-order valence-electron chi connectivity index (χ2n) is 8.17. The van der Waals surface area contributed by atoms with Gasteiger partial charge in [0.25, 0.3) is 0 Å². The van der Waals surface area contributed by atoms with Crippen LogP contribution in [0.25, 0.3) is 0 Å². The standard InChI is InChI=1S/C13H18FNO.C11H11ClO/c1-15-8-2-3-11(9-15)10-16-13-6-4-12(14)5-7-13;12-10-4-2-9(3-5-10)11(8-13)6-1-7-11/h4-7,11H,2-3,8-10H2,1H3;2-5,8H,1,6-7H2. The number of piperidine rings is 1. The van der Waals surface area contributed by atoms with E-state index in [4.69, 9.17) is 16.3 Å². The molecule has 2 aliphatic rings. The van der Waals surface area contributed by atoms with Gasteiger partial charge in [-0.1, -0.05) is 30.2 Å². The average molecular weight is 418 g/mol. The van der Waals surface area contributed by atoms with Crippen molar-refractivity contribution in [2.75, 3.05) is 26.7 Å². The van der Waals surface area contributed by atoms with Crippen LogP contribution in [-0.4, -0.2) is 37.9 Å². The van der Waals surface area contributed by atoms with E-state index < -0.39 is 0 Å². The molecule has 1 atom stereocenters. The van der Waals surface area contributed by atoms with Crippen molar-refractivity contribution in [1.29, 1.82) is 0 Å². The highest BCUT2D eigenvalue weighted by Crippen LogP contribution is 2.42. The molecule has 2 aromatic carbocycles. The molecule has 0 bridgehead atoms. The van der Waals surface area contributed by atoms with Crippen LogP contribution in [0, 0.1) is 11.7 Å². The molecule has 0 amide bonds. The van der Waals surface area contributed by atoms with Crippen LogP contribution >= 0.6 is 11.6 Å². The van der Waals surface area contributed by atoms with Gasteiger partial charge in [0.1, 0.15) is 17.9 Å². The van der Waals surface area contributed by atoms with Crippen molar-refractivity contribution in [3.63, 3.8) is 0 Å². The number of likely N-dealkylation sites (tertiary alicyclic amines) is 1. The summed E-state index contributed by atoms with van der Waals surface area (Å²) in [6.45, 7) is 3.02. The van der Waals surface area contributed by atoms with Crippen molar-refractivity contribution in [2.24, 2.45) is 5.92 Å². The van der Waals surface area contributed by atoms with E-state index in [2.05, 4.69) is 11.9 Å². The Morgan fingerprint density at radius 1 is 1.14 bits per heavy atom. The van der Waals surface area contributed by atoms with Crippen molar-refractivity contribution in [3.8, 4) is 5.75 Å². The van der Waals surface area contributed by atoms with Gasteiger partial charge in [-0.05, 0) is 81.2 Å². The minimum Gasteiger partial charge on any atom is -0.493 e. The Bertz CT molecular complexity index is 774. The van der Waals surface area contributed by atoms with Crippen LogP contribution in [0.3, 0.4) is 0 Å². The molecule has 3 nitrogen and oxygen atoms in total. The van der Waals surface area contributed by atoms with Crippen molar-refractivity contribution in [3.05, 3.63) is 64.9 Å². The van der Waals surface area contributed by atoms with Crippen molar-refractivity contribution in [1.82, 2.24) is 4.90 Å². The van der Waals surface area contributed by atoms with Crippen LogP contribution in [0.4, 0.5) is 4.39 Å². The smallest absolute Gasteiger partial charge is 0.130 e. The molecule has 1 saturated carbocycles. The summed E-state index contributed by atoms with van der Waals surface area (Å²) < 4.78 is 18.3. The zero-order valence-electron chi connectivity index (χ0n) is 16.9. The van der Waals surface area contributed by atoms with E-state index in [1.165, 1.54) is 31.5 Å². The lowest BCUT2D eigenvalue weighted by Gasteiger charge is -2.37. The molecule has 0 spiro atoms. The number of benzene rings is 2. The van der Waals surface area contributed by atoms with Crippen LogP contribution in [-0.2, 0) is 10.2 Å². The Morgan fingerprint density at radius 3 is 2.38 bits per heavy atom. The van der Waals surface area contributed by atoms with Crippen LogP contribution < -0.4 is 4.74 Å². The largest absolute Gasteiger partial charge is 0.493 e. The fraction of sp³-hybridized carbons (Fsp3) is 0.458. The molecule has 0 radical (unpaired) electrons. The lowest BCUT2D eigenvalue weighted by molar-refractivity contribution is -0.115. The molecule has 2 aromatic rings. The zero-order valence-corrected chi connectivity index (χ0v) is 17.7. The number of hydrogen-bond donors (Lipinski definition) is 0. The average Bonchev–Trinajstić information content (AvgIpc) is 2.69. The lowest BCUT2D eigenvalue weighted by atomic mass is 9.65. The monoisotopic (exact) mass is 417 g/mol. The molecule has 1 unspecified atom stereocenters. The summed E-state index contributed by atoms with van der Waals surface area (Å²) in [5.74, 6) is 1.14. The molecular weight excluding hydrogens is 389 g/mol. The molecule has 1 aliphatic carbocycles. The number of carbonyl (C=O) groups excluding carboxylic acids is 1.